The van der Waals surface area contributed by atoms with E-state index in [4.69, 9.17) is 10.00 Å². The summed E-state index contributed by atoms with van der Waals surface area (Å²) >= 11 is 0. The summed E-state index contributed by atoms with van der Waals surface area (Å²) < 4.78 is 18.2. The minimum absolute atomic E-state index is 0.196. The predicted molar refractivity (Wildman–Crippen MR) is 65.9 cm³/mol. The van der Waals surface area contributed by atoms with Crippen LogP contribution in [0.25, 0.3) is 6.08 Å². The molecule has 1 rings (SSSR count). The lowest BCUT2D eigenvalue weighted by molar-refractivity contribution is -0.138. The molecule has 0 saturated heterocycles. The number of carbonyl (C=O) groups excluding carboxylic acids is 1. The van der Waals surface area contributed by atoms with Crippen LogP contribution in [0.5, 0.6) is 0 Å². The summed E-state index contributed by atoms with van der Waals surface area (Å²) in [4.78, 5) is 11.5. The Balaban J connectivity index is 2.81. The zero-order chi connectivity index (χ0) is 13.4. The Kier molecular flexibility index (Phi) is 5.59. The van der Waals surface area contributed by atoms with E-state index in [0.717, 1.165) is 12.8 Å². The summed E-state index contributed by atoms with van der Waals surface area (Å²) in [6, 6.07) is 7.65. The van der Waals surface area contributed by atoms with Crippen molar-refractivity contribution >= 4 is 12.0 Å². The largest absolute Gasteiger partial charge is 0.462 e. The molecule has 0 saturated carbocycles. The van der Waals surface area contributed by atoms with E-state index in [1.54, 1.807) is 12.1 Å². The van der Waals surface area contributed by atoms with Gasteiger partial charge < -0.3 is 4.74 Å². The fraction of sp³-hybridized carbons (Fsp3) is 0.286. The fourth-order valence-electron chi connectivity index (χ4n) is 1.27. The molecule has 1 aromatic rings. The molecule has 3 nitrogen and oxygen atoms in total. The van der Waals surface area contributed by atoms with Gasteiger partial charge in [-0.15, -0.1) is 0 Å². The van der Waals surface area contributed by atoms with Gasteiger partial charge in [0.25, 0.3) is 0 Å². The highest BCUT2D eigenvalue weighted by Gasteiger charge is 2.11. The number of hydrogen-bond acceptors (Lipinski definition) is 3. The highest BCUT2D eigenvalue weighted by molar-refractivity contribution is 5.97. The molecular weight excluding hydrogens is 233 g/mol. The minimum Gasteiger partial charge on any atom is -0.462 e. The highest BCUT2D eigenvalue weighted by atomic mass is 19.1. The Morgan fingerprint density at radius 3 is 2.83 bits per heavy atom. The Labute approximate surface area is 105 Å². The van der Waals surface area contributed by atoms with Crippen LogP contribution in [0, 0.1) is 17.1 Å². The lowest BCUT2D eigenvalue weighted by Crippen LogP contribution is -2.07. The maximum atomic E-state index is 13.4. The van der Waals surface area contributed by atoms with Crippen LogP contribution in [0.2, 0.25) is 0 Å². The Hall–Kier alpha value is -2.15. The van der Waals surface area contributed by atoms with Crippen LogP contribution in [0.1, 0.15) is 25.3 Å². The first kappa shape index (κ1) is 13.9. The van der Waals surface area contributed by atoms with Crippen molar-refractivity contribution in [1.82, 2.24) is 0 Å². The predicted octanol–water partition coefficient (Wildman–Crippen LogP) is 3.08. The second kappa shape index (κ2) is 7.23. The van der Waals surface area contributed by atoms with E-state index in [-0.39, 0.29) is 17.7 Å². The monoisotopic (exact) mass is 247 g/mol. The van der Waals surface area contributed by atoms with Gasteiger partial charge in [-0.1, -0.05) is 31.5 Å². The molecule has 4 heteroatoms. The highest BCUT2D eigenvalue weighted by Crippen LogP contribution is 2.12. The third-order valence-corrected chi connectivity index (χ3v) is 2.28. The molecule has 0 atom stereocenters. The summed E-state index contributed by atoms with van der Waals surface area (Å²) in [6.45, 7) is 2.24. The second-order valence-electron chi connectivity index (χ2n) is 3.68. The summed E-state index contributed by atoms with van der Waals surface area (Å²) in [5, 5.41) is 8.86. The molecule has 1 aromatic carbocycles. The summed E-state index contributed by atoms with van der Waals surface area (Å²) in [6.07, 6.45) is 2.83. The average Bonchev–Trinajstić information content (AvgIpc) is 2.38. The van der Waals surface area contributed by atoms with Gasteiger partial charge in [0.15, 0.2) is 0 Å². The van der Waals surface area contributed by atoms with Crippen LogP contribution < -0.4 is 0 Å². The van der Waals surface area contributed by atoms with Gasteiger partial charge in [0.2, 0.25) is 0 Å². The smallest absolute Gasteiger partial charge is 0.348 e. The molecule has 0 aliphatic heterocycles. The molecule has 0 amide bonds. The number of halogens is 1. The van der Waals surface area contributed by atoms with Crippen molar-refractivity contribution in [3.8, 4) is 6.07 Å². The second-order valence-corrected chi connectivity index (χ2v) is 3.68. The van der Waals surface area contributed by atoms with E-state index in [1.165, 1.54) is 24.3 Å². The van der Waals surface area contributed by atoms with Crippen LogP contribution in [0.15, 0.2) is 29.8 Å². The lowest BCUT2D eigenvalue weighted by Gasteiger charge is -2.02. The Bertz CT molecular complexity index is 489. The normalized spacial score (nSPS) is 10.8. The average molecular weight is 247 g/mol. The molecule has 0 unspecified atom stereocenters. The van der Waals surface area contributed by atoms with E-state index in [1.807, 2.05) is 6.92 Å². The van der Waals surface area contributed by atoms with Gasteiger partial charge in [-0.2, -0.15) is 5.26 Å². The van der Waals surface area contributed by atoms with Crippen molar-refractivity contribution in [2.75, 3.05) is 6.61 Å². The molecular formula is C14H14FNO2. The number of carbonyl (C=O) groups is 1. The number of ether oxygens (including phenoxy) is 1. The number of unbranched alkanes of at least 4 members (excludes halogenated alkanes) is 1. The quantitative estimate of drug-likeness (QED) is 0.348. The Morgan fingerprint density at radius 1 is 1.50 bits per heavy atom. The van der Waals surface area contributed by atoms with Gasteiger partial charge in [-0.3, -0.25) is 0 Å². The van der Waals surface area contributed by atoms with Crippen LogP contribution >= 0.6 is 0 Å². The maximum absolute atomic E-state index is 13.4. The molecule has 0 spiro atoms. The zero-order valence-corrected chi connectivity index (χ0v) is 10.1. The van der Waals surface area contributed by atoms with Gasteiger partial charge in [-0.05, 0) is 18.6 Å². The van der Waals surface area contributed by atoms with Crippen LogP contribution in [0.3, 0.4) is 0 Å². The molecule has 0 fully saturated rings. The van der Waals surface area contributed by atoms with Crippen molar-refractivity contribution < 1.29 is 13.9 Å². The van der Waals surface area contributed by atoms with Gasteiger partial charge in [0.05, 0.1) is 6.61 Å². The molecule has 0 N–H and O–H groups in total. The van der Waals surface area contributed by atoms with Gasteiger partial charge >= 0.3 is 5.97 Å². The lowest BCUT2D eigenvalue weighted by atomic mass is 10.1. The van der Waals surface area contributed by atoms with Gasteiger partial charge in [0, 0.05) is 5.56 Å². The number of esters is 1. The van der Waals surface area contributed by atoms with E-state index < -0.39 is 11.8 Å². The summed E-state index contributed by atoms with van der Waals surface area (Å²) in [7, 11) is 0. The van der Waals surface area contributed by atoms with Crippen molar-refractivity contribution in [1.29, 1.82) is 5.26 Å². The maximum Gasteiger partial charge on any atom is 0.348 e. The first-order chi connectivity index (χ1) is 8.69. The van der Waals surface area contributed by atoms with Crippen LogP contribution in [-0.4, -0.2) is 12.6 Å². The van der Waals surface area contributed by atoms with E-state index in [0.29, 0.717) is 0 Å². The van der Waals surface area contributed by atoms with E-state index in [9.17, 15) is 9.18 Å². The van der Waals surface area contributed by atoms with Crippen molar-refractivity contribution in [3.05, 3.63) is 41.2 Å². The first-order valence-corrected chi connectivity index (χ1v) is 5.72. The molecule has 0 aliphatic rings. The molecule has 18 heavy (non-hydrogen) atoms. The van der Waals surface area contributed by atoms with Gasteiger partial charge in [0.1, 0.15) is 17.5 Å². The number of rotatable bonds is 5. The van der Waals surface area contributed by atoms with Gasteiger partial charge in [-0.25, -0.2) is 9.18 Å². The molecule has 0 radical (unpaired) electrons. The SMILES string of the molecule is CCCCOC(=O)C(C#N)=Cc1ccccc1F. The summed E-state index contributed by atoms with van der Waals surface area (Å²) in [5.74, 6) is -1.19. The fourth-order valence-corrected chi connectivity index (χ4v) is 1.27. The molecule has 0 aliphatic carbocycles. The van der Waals surface area contributed by atoms with Crippen molar-refractivity contribution in [2.24, 2.45) is 0 Å². The number of nitrogens with zero attached hydrogens (tertiary/aromatic N) is 1. The molecule has 0 aromatic heterocycles. The standard InChI is InChI=1S/C14H14FNO2/c1-2-3-8-18-14(17)12(10-16)9-11-6-4-5-7-13(11)15/h4-7,9H,2-3,8H2,1H3. The third kappa shape index (κ3) is 4.02. The van der Waals surface area contributed by atoms with Crippen LogP contribution in [-0.2, 0) is 9.53 Å². The molecule has 0 bridgehead atoms. The summed E-state index contributed by atoms with van der Waals surface area (Å²) in [5.41, 5.74) is -0.00213. The topological polar surface area (TPSA) is 50.1 Å². The van der Waals surface area contributed by atoms with E-state index >= 15 is 0 Å². The first-order valence-electron chi connectivity index (χ1n) is 5.72. The van der Waals surface area contributed by atoms with Crippen molar-refractivity contribution in [2.45, 2.75) is 19.8 Å². The third-order valence-electron chi connectivity index (χ3n) is 2.28. The molecule has 0 heterocycles. The minimum atomic E-state index is -0.714. The van der Waals surface area contributed by atoms with Crippen LogP contribution in [0.4, 0.5) is 4.39 Å². The van der Waals surface area contributed by atoms with E-state index in [2.05, 4.69) is 0 Å². The molecule has 94 valence electrons. The zero-order valence-electron chi connectivity index (χ0n) is 10.1. The number of benzene rings is 1. The Morgan fingerprint density at radius 2 is 2.22 bits per heavy atom. The number of nitriles is 1. The number of hydrogen-bond donors (Lipinski definition) is 0. The van der Waals surface area contributed by atoms with Crippen molar-refractivity contribution in [3.63, 3.8) is 0 Å².